The molecule has 1 N–H and O–H groups in total. The lowest BCUT2D eigenvalue weighted by Gasteiger charge is -2.42. The summed E-state index contributed by atoms with van der Waals surface area (Å²) in [6.07, 6.45) is 3.24. The number of carbonyl (C=O) groups is 2. The molecule has 152 valence electrons. The van der Waals surface area contributed by atoms with Gasteiger partial charge in [-0.1, -0.05) is 36.9 Å². The first-order valence-electron chi connectivity index (χ1n) is 9.63. The molecule has 8 heteroatoms. The molecule has 2 heterocycles. The van der Waals surface area contributed by atoms with Gasteiger partial charge >= 0.3 is 0 Å². The number of rotatable bonds is 7. The molecule has 0 atom stereocenters. The van der Waals surface area contributed by atoms with Gasteiger partial charge in [0.25, 0.3) is 0 Å². The Morgan fingerprint density at radius 1 is 1.14 bits per heavy atom. The Labute approximate surface area is 166 Å². The Morgan fingerprint density at radius 2 is 1.79 bits per heavy atom. The zero-order valence-corrected chi connectivity index (χ0v) is 16.7. The maximum absolute atomic E-state index is 12.7. The van der Waals surface area contributed by atoms with Crippen molar-refractivity contribution in [1.29, 1.82) is 0 Å². The number of nitrogens with one attached hydrogen (secondary N) is 1. The first-order chi connectivity index (χ1) is 13.4. The van der Waals surface area contributed by atoms with Crippen LogP contribution >= 0.6 is 0 Å². The van der Waals surface area contributed by atoms with E-state index in [0.717, 1.165) is 5.56 Å². The number of hydrogen-bond donors (Lipinski definition) is 1. The van der Waals surface area contributed by atoms with Gasteiger partial charge in [-0.15, -0.1) is 0 Å². The Hall–Kier alpha value is -2.19. The van der Waals surface area contributed by atoms with Crippen LogP contribution in [0.25, 0.3) is 0 Å². The molecule has 0 radical (unpaired) electrons. The molecule has 0 unspecified atom stereocenters. The molecule has 2 fully saturated rings. The molecule has 0 saturated carbocycles. The fourth-order valence-corrected chi connectivity index (χ4v) is 5.67. The Morgan fingerprint density at radius 3 is 2.39 bits per heavy atom. The third-order valence-electron chi connectivity index (χ3n) is 5.43. The fourth-order valence-electron chi connectivity index (χ4n) is 3.67. The van der Waals surface area contributed by atoms with Crippen molar-refractivity contribution in [3.05, 3.63) is 48.6 Å². The zero-order valence-electron chi connectivity index (χ0n) is 15.9. The molecule has 28 heavy (non-hydrogen) atoms. The maximum Gasteiger partial charge on any atom is 0.243 e. The van der Waals surface area contributed by atoms with Crippen LogP contribution in [-0.4, -0.2) is 66.9 Å². The first-order valence-corrected chi connectivity index (χ1v) is 11.1. The van der Waals surface area contributed by atoms with Crippen LogP contribution in [0, 0.1) is 0 Å². The molecule has 0 bridgehead atoms. The van der Waals surface area contributed by atoms with Gasteiger partial charge in [-0.3, -0.25) is 9.59 Å². The second-order valence-corrected chi connectivity index (χ2v) is 9.55. The average molecular weight is 406 g/mol. The van der Waals surface area contributed by atoms with Crippen LogP contribution in [0.4, 0.5) is 0 Å². The van der Waals surface area contributed by atoms with Crippen molar-refractivity contribution in [2.75, 3.05) is 26.2 Å². The lowest BCUT2D eigenvalue weighted by Crippen LogP contribution is -2.62. The van der Waals surface area contributed by atoms with Crippen LogP contribution in [0.5, 0.6) is 0 Å². The first kappa shape index (κ1) is 20.5. The summed E-state index contributed by atoms with van der Waals surface area (Å²) >= 11 is 0. The van der Waals surface area contributed by atoms with Gasteiger partial charge in [-0.2, -0.15) is 4.31 Å². The molecule has 0 aromatic heterocycles. The number of piperidine rings is 1. The Bertz CT molecular complexity index is 811. The van der Waals surface area contributed by atoms with Crippen LogP contribution in [-0.2, 0) is 26.0 Å². The molecule has 7 nitrogen and oxygen atoms in total. The monoisotopic (exact) mass is 405 g/mol. The molecule has 2 aliphatic heterocycles. The quantitative estimate of drug-likeness (QED) is 0.684. The van der Waals surface area contributed by atoms with E-state index in [9.17, 15) is 18.0 Å². The predicted molar refractivity (Wildman–Crippen MR) is 107 cm³/mol. The highest BCUT2D eigenvalue weighted by Gasteiger charge is 2.42. The van der Waals surface area contributed by atoms with Crippen molar-refractivity contribution in [2.24, 2.45) is 0 Å². The van der Waals surface area contributed by atoms with Gasteiger partial charge in [0.2, 0.25) is 21.8 Å². The summed E-state index contributed by atoms with van der Waals surface area (Å²) in [7, 11) is -3.39. The minimum absolute atomic E-state index is 0.0795. The van der Waals surface area contributed by atoms with Crippen molar-refractivity contribution < 1.29 is 18.0 Å². The number of benzene rings is 1. The van der Waals surface area contributed by atoms with Gasteiger partial charge < -0.3 is 10.2 Å². The summed E-state index contributed by atoms with van der Waals surface area (Å²) in [5.74, 6) is -0.208. The average Bonchev–Trinajstić information content (AvgIpc) is 2.69. The summed E-state index contributed by atoms with van der Waals surface area (Å²) in [6.45, 7) is 4.94. The van der Waals surface area contributed by atoms with E-state index in [-0.39, 0.29) is 17.9 Å². The molecule has 0 aliphatic carbocycles. The predicted octanol–water partition coefficient (Wildman–Crippen LogP) is 0.926. The highest BCUT2D eigenvalue weighted by molar-refractivity contribution is 7.89. The van der Waals surface area contributed by atoms with Crippen LogP contribution < -0.4 is 5.32 Å². The molecule has 1 aromatic carbocycles. The highest BCUT2D eigenvalue weighted by atomic mass is 32.2. The van der Waals surface area contributed by atoms with E-state index < -0.39 is 15.3 Å². The normalized spacial score (nSPS) is 19.1. The van der Waals surface area contributed by atoms with Crippen LogP contribution in [0.15, 0.2) is 43.0 Å². The largest absolute Gasteiger partial charge is 0.347 e. The topological polar surface area (TPSA) is 86.8 Å². The number of carbonyl (C=O) groups excluding carboxylic acids is 2. The van der Waals surface area contributed by atoms with E-state index in [1.54, 1.807) is 4.90 Å². The van der Waals surface area contributed by atoms with Crippen LogP contribution in [0.3, 0.4) is 0 Å². The molecule has 3 rings (SSSR count). The van der Waals surface area contributed by atoms with Gasteiger partial charge in [0, 0.05) is 32.6 Å². The van der Waals surface area contributed by atoms with Crippen LogP contribution in [0.1, 0.15) is 24.8 Å². The van der Waals surface area contributed by atoms with Crippen molar-refractivity contribution in [3.8, 4) is 0 Å². The third-order valence-corrected chi connectivity index (χ3v) is 7.76. The lowest BCUT2D eigenvalue weighted by molar-refractivity contribution is -0.132. The summed E-state index contributed by atoms with van der Waals surface area (Å²) in [6, 6.07) is 9.72. The number of nitrogens with zero attached hydrogens (tertiary/aromatic N) is 2. The minimum atomic E-state index is -3.39. The van der Waals surface area contributed by atoms with Gasteiger partial charge in [0.1, 0.15) is 0 Å². The molecule has 2 saturated heterocycles. The van der Waals surface area contributed by atoms with E-state index >= 15 is 0 Å². The molecular formula is C20H27N3O4S. The van der Waals surface area contributed by atoms with Gasteiger partial charge in [-0.25, -0.2) is 8.42 Å². The van der Waals surface area contributed by atoms with Gasteiger partial charge in [0.15, 0.2) is 0 Å². The maximum atomic E-state index is 12.7. The standard InChI is InChI=1S/C20H27N3O4S/c1-2-19(24)21-17-14-23(15-17)28(26,27)18-10-12-22(13-11-18)20(25)9-8-16-6-4-3-5-7-16/h2-7,17-18H,1,8-15H2,(H,21,24). The van der Waals surface area contributed by atoms with Crippen molar-refractivity contribution in [2.45, 2.75) is 37.0 Å². The highest BCUT2D eigenvalue weighted by Crippen LogP contribution is 2.25. The lowest BCUT2D eigenvalue weighted by atomic mass is 10.1. The van der Waals surface area contributed by atoms with Crippen molar-refractivity contribution >= 4 is 21.8 Å². The smallest absolute Gasteiger partial charge is 0.243 e. The zero-order chi connectivity index (χ0) is 20.1. The third kappa shape index (κ3) is 4.80. The fraction of sp³-hybridized carbons (Fsp3) is 0.500. The Balaban J connectivity index is 1.43. The summed E-state index contributed by atoms with van der Waals surface area (Å²) in [5.41, 5.74) is 1.13. The minimum Gasteiger partial charge on any atom is -0.347 e. The van der Waals surface area contributed by atoms with E-state index in [1.165, 1.54) is 10.4 Å². The number of likely N-dealkylation sites (tertiary alicyclic amines) is 1. The van der Waals surface area contributed by atoms with E-state index in [0.29, 0.717) is 51.9 Å². The Kier molecular flexibility index (Phi) is 6.51. The van der Waals surface area contributed by atoms with Gasteiger partial charge in [0.05, 0.1) is 11.3 Å². The molecular weight excluding hydrogens is 378 g/mol. The van der Waals surface area contributed by atoms with Crippen LogP contribution in [0.2, 0.25) is 0 Å². The summed E-state index contributed by atoms with van der Waals surface area (Å²) in [5, 5.41) is 2.25. The van der Waals surface area contributed by atoms with Gasteiger partial charge in [-0.05, 0) is 30.9 Å². The number of aryl methyl sites for hydroxylation is 1. The molecule has 1 aromatic rings. The number of sulfonamides is 1. The molecule has 2 amide bonds. The van der Waals surface area contributed by atoms with Crippen molar-refractivity contribution in [3.63, 3.8) is 0 Å². The summed E-state index contributed by atoms with van der Waals surface area (Å²) < 4.78 is 26.9. The molecule has 2 aliphatic rings. The number of hydrogen-bond acceptors (Lipinski definition) is 4. The van der Waals surface area contributed by atoms with E-state index in [1.807, 2.05) is 30.3 Å². The molecule has 0 spiro atoms. The summed E-state index contributed by atoms with van der Waals surface area (Å²) in [4.78, 5) is 25.5. The number of amides is 2. The second kappa shape index (κ2) is 8.87. The SMILES string of the molecule is C=CC(=O)NC1CN(S(=O)(=O)C2CCN(C(=O)CCc3ccccc3)CC2)C1. The van der Waals surface area contributed by atoms with E-state index in [2.05, 4.69) is 11.9 Å². The second-order valence-electron chi connectivity index (χ2n) is 7.34. The van der Waals surface area contributed by atoms with Crippen molar-refractivity contribution in [1.82, 2.24) is 14.5 Å². The van der Waals surface area contributed by atoms with E-state index in [4.69, 9.17) is 0 Å².